The van der Waals surface area contributed by atoms with Crippen molar-refractivity contribution in [3.05, 3.63) is 12.7 Å². The molecule has 4 unspecified atom stereocenters. The van der Waals surface area contributed by atoms with Crippen molar-refractivity contribution in [2.75, 3.05) is 6.61 Å². The number of hydrogen-bond acceptors (Lipinski definition) is 14. The van der Waals surface area contributed by atoms with Gasteiger partial charge in [-0.3, -0.25) is 0 Å². The van der Waals surface area contributed by atoms with Gasteiger partial charge >= 0.3 is 76.2 Å². The van der Waals surface area contributed by atoms with Gasteiger partial charge < -0.3 is 54.8 Å². The zero-order chi connectivity index (χ0) is 26.9. The van der Waals surface area contributed by atoms with Gasteiger partial charge in [0.1, 0.15) is 0 Å². The van der Waals surface area contributed by atoms with Crippen LogP contribution in [-0.2, 0) is 54.8 Å². The molecule has 4 heterocycles. The fourth-order valence-corrected chi connectivity index (χ4v) is 48.0. The maximum atomic E-state index is 11.5. The summed E-state index contributed by atoms with van der Waals surface area (Å²) in [5.74, 6) is -0.515. The number of fused-ring (bicyclic) bond motifs is 4. The molecule has 0 saturated carbocycles. The third kappa shape index (κ3) is 6.60. The lowest BCUT2D eigenvalue weighted by atomic mass is 10.5. The van der Waals surface area contributed by atoms with E-state index in [1.54, 1.807) is 39.3 Å². The minimum absolute atomic E-state index is 0.144. The van der Waals surface area contributed by atoms with Crippen LogP contribution in [0.15, 0.2) is 12.7 Å². The molecule has 6 bridgehead atoms. The van der Waals surface area contributed by atoms with Crippen LogP contribution in [0.25, 0.3) is 0 Å². The van der Waals surface area contributed by atoms with E-state index in [9.17, 15) is 9.59 Å². The van der Waals surface area contributed by atoms with E-state index in [1.807, 2.05) is 6.55 Å². The molecule has 4 fully saturated rings. The van der Waals surface area contributed by atoms with E-state index in [1.165, 1.54) is 6.55 Å². The molecular weight excluding hydrogens is 617 g/mol. The molecule has 0 spiro atoms. The molecule has 4 aliphatic heterocycles. The molecule has 1 N–H and O–H groups in total. The van der Waals surface area contributed by atoms with Crippen LogP contribution < -0.4 is 0 Å². The normalized spacial score (nSPS) is 52.8. The molecular formula is C14H34O14Si8. The van der Waals surface area contributed by atoms with Crippen LogP contribution in [0.4, 0.5) is 0 Å². The lowest BCUT2D eigenvalue weighted by Crippen LogP contribution is -2.82. The maximum absolute atomic E-state index is 11.5. The molecule has 0 aromatic heterocycles. The lowest BCUT2D eigenvalue weighted by molar-refractivity contribution is -0.137. The summed E-state index contributed by atoms with van der Waals surface area (Å²) >= 11 is 0. The van der Waals surface area contributed by atoms with Gasteiger partial charge in [-0.25, -0.2) is 4.79 Å². The molecule has 0 radical (unpaired) electrons. The molecule has 206 valence electrons. The Kier molecular flexibility index (Phi) is 7.57. The predicted molar refractivity (Wildman–Crippen MR) is 138 cm³/mol. The van der Waals surface area contributed by atoms with Crippen molar-refractivity contribution in [3.63, 3.8) is 0 Å². The van der Waals surface area contributed by atoms with Crippen LogP contribution in [0, 0.1) is 0 Å². The van der Waals surface area contributed by atoms with Crippen LogP contribution in [0.3, 0.4) is 0 Å². The summed E-state index contributed by atoms with van der Waals surface area (Å²) in [6.07, 6.45) is 1.55. The van der Waals surface area contributed by atoms with Crippen LogP contribution >= 0.6 is 0 Å². The summed E-state index contributed by atoms with van der Waals surface area (Å²) in [7, 11) is -29.0. The topological polar surface area (TPSA) is 148 Å². The summed E-state index contributed by atoms with van der Waals surface area (Å²) in [4.78, 5) is 22.6. The Labute approximate surface area is 219 Å². The molecule has 4 aliphatic rings. The second kappa shape index (κ2) is 9.26. The second-order valence-corrected chi connectivity index (χ2v) is 33.7. The molecule has 14 nitrogen and oxygen atoms in total. The number of hydrogen-bond donors (Lipinski definition) is 1. The molecule has 4 rings (SSSR count). The highest BCUT2D eigenvalue weighted by atomic mass is 28.6. The first-order valence-electron chi connectivity index (χ1n) is 11.5. The Balaban J connectivity index is 1.78. The van der Waals surface area contributed by atoms with Crippen molar-refractivity contribution < 1.29 is 59.6 Å². The Morgan fingerprint density at radius 1 is 0.667 bits per heavy atom. The van der Waals surface area contributed by atoms with Crippen molar-refractivity contribution in [3.8, 4) is 0 Å². The van der Waals surface area contributed by atoms with Crippen LogP contribution in [0.2, 0.25) is 58.4 Å². The number of rotatable bonds is 5. The fraction of sp³-hybridized carbons (Fsp3) is 0.786. The van der Waals surface area contributed by atoms with E-state index in [0.29, 0.717) is 12.5 Å². The Hall–Kier alpha value is 0.465. The molecule has 0 amide bonds. The fourth-order valence-electron chi connectivity index (χ4n) is 4.97. The van der Waals surface area contributed by atoms with Crippen LogP contribution in [0.1, 0.15) is 6.42 Å². The number of esters is 1. The minimum Gasteiger partial charge on any atom is -0.463 e. The third-order valence-electron chi connectivity index (χ3n) is 5.33. The van der Waals surface area contributed by atoms with Crippen molar-refractivity contribution >= 4 is 76.2 Å². The summed E-state index contributed by atoms with van der Waals surface area (Å²) < 4.78 is 75.9. The molecule has 0 aromatic carbocycles. The van der Waals surface area contributed by atoms with Gasteiger partial charge in [0.2, 0.25) is 0 Å². The Bertz CT molecular complexity index is 878. The second-order valence-electron chi connectivity index (χ2n) is 9.80. The van der Waals surface area contributed by atoms with Gasteiger partial charge in [-0.1, -0.05) is 6.58 Å². The van der Waals surface area contributed by atoms with E-state index in [2.05, 4.69) is 6.58 Å². The standard InChI is InChI=1S/C14H34O14Si8/c1-10-14(15)17-12-11-13-29(2)18-31(4)22-33(6)20-30(3,16)21-34(7)23-32(5,19-29)25-35(8,24-31)28-36(9,26-33)27-34/h10,16H,1,11-13H2,2-9H3. The monoisotopic (exact) mass is 650 g/mol. The van der Waals surface area contributed by atoms with Gasteiger partial charge in [-0.2, -0.15) is 0 Å². The number of carbonyl (C=O) groups excluding carboxylic acids is 1. The average Bonchev–Trinajstić information content (AvgIpc) is 2.56. The molecule has 4 saturated heterocycles. The first-order valence-corrected chi connectivity index (χ1v) is 29.6. The SMILES string of the molecule is C=CC(=O)OCCC[Si]1(C)O[Si]2(C)O[Si]3(C)O[Si](C)(O)O[Si]4(C)O[Si](C)(O1)O[Si](C)(O2)O[Si](C)(O3)O4. The lowest BCUT2D eigenvalue weighted by Gasteiger charge is -2.57. The van der Waals surface area contributed by atoms with Crippen molar-refractivity contribution in [2.45, 2.75) is 64.8 Å². The van der Waals surface area contributed by atoms with Gasteiger partial charge in [-0.05, 0) is 19.0 Å². The largest absolute Gasteiger partial charge is 0.480 e. The van der Waals surface area contributed by atoms with Crippen LogP contribution in [-0.4, -0.2) is 87.6 Å². The Morgan fingerprint density at radius 2 is 1.00 bits per heavy atom. The van der Waals surface area contributed by atoms with Gasteiger partial charge in [-0.15, -0.1) is 0 Å². The third-order valence-corrected chi connectivity index (χ3v) is 39.8. The van der Waals surface area contributed by atoms with Crippen molar-refractivity contribution in [1.82, 2.24) is 0 Å². The van der Waals surface area contributed by atoms with Gasteiger partial charge in [0.15, 0.2) is 0 Å². The van der Waals surface area contributed by atoms with E-state index in [-0.39, 0.29) is 6.61 Å². The molecule has 4 atom stereocenters. The summed E-state index contributed by atoms with van der Waals surface area (Å²) in [6.45, 7) is 16.8. The maximum Gasteiger partial charge on any atom is 0.480 e. The minimum atomic E-state index is -3.88. The van der Waals surface area contributed by atoms with Gasteiger partial charge in [0, 0.05) is 51.9 Å². The zero-order valence-electron chi connectivity index (χ0n) is 21.7. The summed E-state index contributed by atoms with van der Waals surface area (Å²) in [6, 6.07) is 0.403. The van der Waals surface area contributed by atoms with E-state index in [0.717, 1.165) is 6.08 Å². The van der Waals surface area contributed by atoms with Gasteiger partial charge in [0.05, 0.1) is 6.61 Å². The number of carbonyl (C=O) groups is 1. The molecule has 0 aliphatic carbocycles. The first-order chi connectivity index (χ1) is 16.2. The highest BCUT2D eigenvalue weighted by Crippen LogP contribution is 2.45. The quantitative estimate of drug-likeness (QED) is 0.198. The molecule has 22 heteroatoms. The highest BCUT2D eigenvalue weighted by molar-refractivity contribution is 7.00. The smallest absolute Gasteiger partial charge is 0.463 e. The molecule has 36 heavy (non-hydrogen) atoms. The first kappa shape index (κ1) is 29.4. The van der Waals surface area contributed by atoms with Gasteiger partial charge in [0.25, 0.3) is 0 Å². The predicted octanol–water partition coefficient (Wildman–Crippen LogP) is 1.39. The number of ether oxygens (including phenoxy) is 1. The van der Waals surface area contributed by atoms with E-state index >= 15 is 0 Å². The highest BCUT2D eigenvalue weighted by Gasteiger charge is 2.74. The molecule has 0 aromatic rings. The van der Waals surface area contributed by atoms with E-state index in [4.69, 9.17) is 50.0 Å². The Morgan fingerprint density at radius 3 is 1.36 bits per heavy atom. The summed E-state index contributed by atoms with van der Waals surface area (Å²) in [5.41, 5.74) is 0. The average molecular weight is 651 g/mol. The van der Waals surface area contributed by atoms with Crippen molar-refractivity contribution in [2.24, 2.45) is 0 Å². The summed E-state index contributed by atoms with van der Waals surface area (Å²) in [5, 5.41) is 0. The zero-order valence-corrected chi connectivity index (χ0v) is 29.7. The van der Waals surface area contributed by atoms with Crippen LogP contribution in [0.5, 0.6) is 0 Å². The van der Waals surface area contributed by atoms with Crippen molar-refractivity contribution in [1.29, 1.82) is 0 Å². The van der Waals surface area contributed by atoms with E-state index < -0.39 is 76.2 Å².